The van der Waals surface area contributed by atoms with Crippen LogP contribution < -0.4 is 5.30 Å². The van der Waals surface area contributed by atoms with E-state index in [2.05, 4.69) is 0 Å². The number of aromatic hydroxyl groups is 2. The molecule has 0 aromatic heterocycles. The molecule has 0 bridgehead atoms. The van der Waals surface area contributed by atoms with Crippen molar-refractivity contribution in [2.24, 2.45) is 0 Å². The third-order valence-corrected chi connectivity index (χ3v) is 4.77. The average Bonchev–Trinajstić information content (AvgIpc) is 2.44. The van der Waals surface area contributed by atoms with Crippen molar-refractivity contribution in [3.63, 3.8) is 0 Å². The van der Waals surface area contributed by atoms with Gasteiger partial charge >= 0.3 is 7.60 Å². The van der Waals surface area contributed by atoms with Crippen molar-refractivity contribution in [1.82, 2.24) is 0 Å². The van der Waals surface area contributed by atoms with Crippen LogP contribution in [0.3, 0.4) is 0 Å². The average molecular weight is 322 g/mol. The molecule has 0 saturated heterocycles. The van der Waals surface area contributed by atoms with Crippen molar-refractivity contribution in [1.29, 1.82) is 0 Å². The zero-order valence-electron chi connectivity index (χ0n) is 12.2. The molecule has 1 unspecified atom stereocenters. The van der Waals surface area contributed by atoms with E-state index in [1.165, 1.54) is 18.2 Å². The van der Waals surface area contributed by atoms with E-state index in [0.29, 0.717) is 6.42 Å². The fourth-order valence-corrected chi connectivity index (χ4v) is 3.41. The minimum absolute atomic E-state index is 0.0642. The smallest absolute Gasteiger partial charge is 0.356 e. The maximum Gasteiger partial charge on any atom is 0.356 e. The molecule has 0 spiro atoms. The lowest BCUT2D eigenvalue weighted by Gasteiger charge is -2.19. The second kappa shape index (κ2) is 6.53. The summed E-state index contributed by atoms with van der Waals surface area (Å²) in [4.78, 5) is 18.9. The lowest BCUT2D eigenvalue weighted by molar-refractivity contribution is 0.386. The summed E-state index contributed by atoms with van der Waals surface area (Å²) in [5.74, 6) is -0.0476. The van der Waals surface area contributed by atoms with Gasteiger partial charge in [-0.15, -0.1) is 0 Å². The molecule has 118 valence electrons. The van der Waals surface area contributed by atoms with Gasteiger partial charge in [-0.2, -0.15) is 0 Å². The van der Waals surface area contributed by atoms with Crippen molar-refractivity contribution < 1.29 is 24.6 Å². The van der Waals surface area contributed by atoms with Crippen LogP contribution >= 0.6 is 7.60 Å². The Morgan fingerprint density at radius 2 is 1.77 bits per heavy atom. The fourth-order valence-electron chi connectivity index (χ4n) is 2.57. The molecule has 5 nitrogen and oxygen atoms in total. The number of hydrogen-bond donors (Lipinski definition) is 4. The third kappa shape index (κ3) is 3.69. The molecule has 0 aliphatic rings. The van der Waals surface area contributed by atoms with E-state index in [-0.39, 0.29) is 34.7 Å². The molecule has 4 N–H and O–H groups in total. The second-order valence-electron chi connectivity index (χ2n) is 5.22. The maximum absolute atomic E-state index is 11.6. The Hall–Kier alpha value is -1.81. The topological polar surface area (TPSA) is 98.0 Å². The predicted molar refractivity (Wildman–Crippen MR) is 84.6 cm³/mol. The molecule has 0 amide bonds. The van der Waals surface area contributed by atoms with Crippen LogP contribution in [0.25, 0.3) is 0 Å². The van der Waals surface area contributed by atoms with Gasteiger partial charge in [0.15, 0.2) is 0 Å². The highest BCUT2D eigenvalue weighted by Gasteiger charge is 2.25. The van der Waals surface area contributed by atoms with E-state index in [0.717, 1.165) is 5.56 Å². The first-order chi connectivity index (χ1) is 10.3. The van der Waals surface area contributed by atoms with Gasteiger partial charge in [-0.05, 0) is 48.6 Å². The van der Waals surface area contributed by atoms with Gasteiger partial charge in [0.1, 0.15) is 11.5 Å². The Balaban J connectivity index is 2.42. The summed E-state index contributed by atoms with van der Waals surface area (Å²) in [6, 6.07) is 11.0. The van der Waals surface area contributed by atoms with Gasteiger partial charge in [0.25, 0.3) is 0 Å². The molecule has 0 aliphatic heterocycles. The lowest BCUT2D eigenvalue weighted by Crippen LogP contribution is -2.14. The Labute approximate surface area is 129 Å². The van der Waals surface area contributed by atoms with E-state index < -0.39 is 7.60 Å². The summed E-state index contributed by atoms with van der Waals surface area (Å²) in [5, 5.41) is 19.4. The van der Waals surface area contributed by atoms with E-state index in [4.69, 9.17) is 0 Å². The number of rotatable bonds is 5. The molecule has 2 aromatic carbocycles. The van der Waals surface area contributed by atoms with E-state index in [1.54, 1.807) is 18.2 Å². The molecular formula is C16H19O5P. The highest BCUT2D eigenvalue weighted by atomic mass is 31.2. The standard InChI is InChI=1S/C16H19O5P/c1-2-11(12-5-3-6-13(17)9-12)10-14-15(18)7-4-8-16(14)22(19,20)21/h3-9,11,17-18H,2,10H2,1H3,(H2,19,20,21). The van der Waals surface area contributed by atoms with Crippen LogP contribution in [0.5, 0.6) is 11.5 Å². The molecule has 0 fully saturated rings. The zero-order valence-corrected chi connectivity index (χ0v) is 13.1. The first-order valence-corrected chi connectivity index (χ1v) is 8.60. The summed E-state index contributed by atoms with van der Waals surface area (Å²) in [7, 11) is -4.46. The summed E-state index contributed by atoms with van der Waals surface area (Å²) in [5.41, 5.74) is 1.12. The minimum atomic E-state index is -4.46. The van der Waals surface area contributed by atoms with Crippen LogP contribution in [0.2, 0.25) is 0 Å². The summed E-state index contributed by atoms with van der Waals surface area (Å²) < 4.78 is 11.6. The third-order valence-electron chi connectivity index (χ3n) is 3.73. The first-order valence-electron chi connectivity index (χ1n) is 6.98. The molecular weight excluding hydrogens is 303 g/mol. The van der Waals surface area contributed by atoms with Crippen LogP contribution in [0.15, 0.2) is 42.5 Å². The van der Waals surface area contributed by atoms with Gasteiger partial charge < -0.3 is 20.0 Å². The van der Waals surface area contributed by atoms with E-state index in [1.807, 2.05) is 13.0 Å². The molecule has 0 aliphatic carbocycles. The number of phenols is 2. The molecule has 2 aromatic rings. The van der Waals surface area contributed by atoms with E-state index >= 15 is 0 Å². The Morgan fingerprint density at radius 1 is 1.09 bits per heavy atom. The highest BCUT2D eigenvalue weighted by molar-refractivity contribution is 7.60. The second-order valence-corrected chi connectivity index (χ2v) is 6.79. The summed E-state index contributed by atoms with van der Waals surface area (Å²) >= 11 is 0. The largest absolute Gasteiger partial charge is 0.508 e. The van der Waals surface area contributed by atoms with Crippen molar-refractivity contribution in [2.45, 2.75) is 25.7 Å². The summed E-state index contributed by atoms with van der Waals surface area (Å²) in [6.45, 7) is 1.95. The molecule has 1 atom stereocenters. The molecule has 0 heterocycles. The van der Waals surface area contributed by atoms with Crippen LogP contribution in [0, 0.1) is 0 Å². The number of phenolic OH excluding ortho intramolecular Hbond substituents is 2. The normalized spacial score (nSPS) is 13.0. The fraction of sp³-hybridized carbons (Fsp3) is 0.250. The van der Waals surface area contributed by atoms with E-state index in [9.17, 15) is 24.6 Å². The van der Waals surface area contributed by atoms with Gasteiger partial charge in [-0.3, -0.25) is 4.57 Å². The van der Waals surface area contributed by atoms with Crippen molar-refractivity contribution >= 4 is 12.9 Å². The minimum Gasteiger partial charge on any atom is -0.508 e. The van der Waals surface area contributed by atoms with Gasteiger partial charge in [-0.25, -0.2) is 0 Å². The van der Waals surface area contributed by atoms with Gasteiger partial charge in [0.05, 0.1) is 5.30 Å². The highest BCUT2D eigenvalue weighted by Crippen LogP contribution is 2.39. The zero-order chi connectivity index (χ0) is 16.3. The maximum atomic E-state index is 11.6. The van der Waals surface area contributed by atoms with Gasteiger partial charge in [0, 0.05) is 5.56 Å². The Bertz CT molecular complexity index is 707. The monoisotopic (exact) mass is 322 g/mol. The Kier molecular flexibility index (Phi) is 4.91. The lowest BCUT2D eigenvalue weighted by atomic mass is 9.89. The SMILES string of the molecule is CCC(Cc1c(O)cccc1P(=O)(O)O)c1cccc(O)c1. The Morgan fingerprint density at radius 3 is 2.36 bits per heavy atom. The number of hydrogen-bond acceptors (Lipinski definition) is 3. The van der Waals surface area contributed by atoms with Gasteiger partial charge in [-0.1, -0.05) is 25.1 Å². The quantitative estimate of drug-likeness (QED) is 0.634. The predicted octanol–water partition coefficient (Wildman–Crippen LogP) is 2.64. The van der Waals surface area contributed by atoms with Crippen molar-refractivity contribution in [3.05, 3.63) is 53.6 Å². The van der Waals surface area contributed by atoms with Crippen LogP contribution in [0.1, 0.15) is 30.4 Å². The number of benzene rings is 2. The summed E-state index contributed by atoms with van der Waals surface area (Å²) in [6.07, 6.45) is 0.992. The molecule has 0 radical (unpaired) electrons. The molecule has 6 heteroatoms. The molecule has 2 rings (SSSR count). The van der Waals surface area contributed by atoms with Crippen LogP contribution in [-0.2, 0) is 11.0 Å². The van der Waals surface area contributed by atoms with Gasteiger partial charge in [0.2, 0.25) is 0 Å². The molecule has 0 saturated carbocycles. The van der Waals surface area contributed by atoms with Crippen molar-refractivity contribution in [2.75, 3.05) is 0 Å². The van der Waals surface area contributed by atoms with Crippen molar-refractivity contribution in [3.8, 4) is 11.5 Å². The van der Waals surface area contributed by atoms with Crippen LogP contribution in [-0.4, -0.2) is 20.0 Å². The van der Waals surface area contributed by atoms with Crippen LogP contribution in [0.4, 0.5) is 0 Å². The molecule has 22 heavy (non-hydrogen) atoms. The first kappa shape index (κ1) is 16.6.